The maximum Gasteiger partial charge on any atom is 0.573 e. The summed E-state index contributed by atoms with van der Waals surface area (Å²) >= 11 is 0. The molecule has 1 amide bonds. The Labute approximate surface area is 164 Å². The van der Waals surface area contributed by atoms with Crippen LogP contribution in [0.15, 0.2) is 47.0 Å². The fourth-order valence-electron chi connectivity index (χ4n) is 3.44. The van der Waals surface area contributed by atoms with Gasteiger partial charge in [-0.3, -0.25) is 4.79 Å². The van der Waals surface area contributed by atoms with Gasteiger partial charge < -0.3 is 19.5 Å². The molecule has 6 nitrogen and oxygen atoms in total. The number of halogens is 3. The van der Waals surface area contributed by atoms with E-state index in [0.29, 0.717) is 36.5 Å². The smallest absolute Gasteiger partial charge is 0.406 e. The summed E-state index contributed by atoms with van der Waals surface area (Å²) in [7, 11) is 0. The molecule has 0 aliphatic carbocycles. The van der Waals surface area contributed by atoms with Gasteiger partial charge >= 0.3 is 6.36 Å². The molecule has 4 rings (SSSR count). The van der Waals surface area contributed by atoms with Crippen molar-refractivity contribution in [3.05, 3.63) is 42.5 Å². The van der Waals surface area contributed by atoms with Crippen molar-refractivity contribution < 1.29 is 27.2 Å². The Kier molecular flexibility index (Phi) is 5.04. The van der Waals surface area contributed by atoms with Crippen LogP contribution in [-0.2, 0) is 4.79 Å². The number of amides is 1. The molecule has 152 valence electrons. The summed E-state index contributed by atoms with van der Waals surface area (Å²) in [6, 6.07) is 11.0. The van der Waals surface area contributed by atoms with Crippen molar-refractivity contribution in [3.63, 3.8) is 0 Å². The number of fused-ring (bicyclic) bond motifs is 1. The Bertz CT molecular complexity index is 1020. The molecule has 1 saturated heterocycles. The minimum Gasteiger partial charge on any atom is -0.406 e. The van der Waals surface area contributed by atoms with Crippen molar-refractivity contribution in [1.82, 2.24) is 10.1 Å². The van der Waals surface area contributed by atoms with Crippen LogP contribution >= 0.6 is 0 Å². The van der Waals surface area contributed by atoms with Gasteiger partial charge in [0.05, 0.1) is 5.39 Å². The first-order valence-electron chi connectivity index (χ1n) is 9.17. The predicted molar refractivity (Wildman–Crippen MR) is 100 cm³/mol. The highest BCUT2D eigenvalue weighted by Crippen LogP contribution is 2.35. The van der Waals surface area contributed by atoms with Gasteiger partial charge in [-0.1, -0.05) is 29.4 Å². The molecule has 1 N–H and O–H groups in total. The van der Waals surface area contributed by atoms with Crippen molar-refractivity contribution in [2.24, 2.45) is 0 Å². The van der Waals surface area contributed by atoms with Gasteiger partial charge in [-0.25, -0.2) is 0 Å². The number of nitrogens with zero attached hydrogens (tertiary/aromatic N) is 2. The third-order valence-electron chi connectivity index (χ3n) is 4.74. The first-order chi connectivity index (χ1) is 13.9. The topological polar surface area (TPSA) is 67.6 Å². The first-order valence-corrected chi connectivity index (χ1v) is 9.17. The summed E-state index contributed by atoms with van der Waals surface area (Å²) in [5.74, 6) is 0.393. The van der Waals surface area contributed by atoms with Gasteiger partial charge in [-0.15, -0.1) is 13.2 Å². The normalized spacial score (nSPS) is 14.6. The van der Waals surface area contributed by atoms with Crippen molar-refractivity contribution in [2.75, 3.05) is 25.0 Å². The molecule has 0 spiro atoms. The van der Waals surface area contributed by atoms with E-state index < -0.39 is 6.36 Å². The van der Waals surface area contributed by atoms with Gasteiger partial charge in [-0.05, 0) is 35.7 Å². The number of ether oxygens (including phenoxy) is 1. The van der Waals surface area contributed by atoms with Gasteiger partial charge in [0.1, 0.15) is 5.75 Å². The number of carbonyl (C=O) groups excluding carboxylic acids is 1. The molecule has 2 heterocycles. The van der Waals surface area contributed by atoms with E-state index in [2.05, 4.69) is 15.2 Å². The lowest BCUT2D eigenvalue weighted by Gasteiger charge is -2.15. The fourth-order valence-corrected chi connectivity index (χ4v) is 3.44. The Morgan fingerprint density at radius 1 is 1.17 bits per heavy atom. The van der Waals surface area contributed by atoms with Gasteiger partial charge in [0.25, 0.3) is 0 Å². The summed E-state index contributed by atoms with van der Waals surface area (Å²) < 4.78 is 46.4. The van der Waals surface area contributed by atoms with Gasteiger partial charge in [-0.2, -0.15) is 0 Å². The van der Waals surface area contributed by atoms with Gasteiger partial charge in [0.15, 0.2) is 11.4 Å². The largest absolute Gasteiger partial charge is 0.573 e. The number of hydrogen-bond donors (Lipinski definition) is 1. The average molecular weight is 405 g/mol. The maximum atomic E-state index is 12.4. The van der Waals surface area contributed by atoms with Crippen LogP contribution < -0.4 is 10.1 Å². The Balaban J connectivity index is 1.55. The second-order valence-corrected chi connectivity index (χ2v) is 6.69. The van der Waals surface area contributed by atoms with Gasteiger partial charge in [0.2, 0.25) is 5.91 Å². The molecule has 1 aromatic heterocycles. The van der Waals surface area contributed by atoms with Crippen LogP contribution in [0.1, 0.15) is 12.8 Å². The van der Waals surface area contributed by atoms with Crippen LogP contribution in [0.3, 0.4) is 0 Å². The number of aromatic nitrogens is 1. The average Bonchev–Trinajstić information content (AvgIpc) is 3.28. The molecule has 1 aliphatic rings. The van der Waals surface area contributed by atoms with Crippen LogP contribution in [-0.4, -0.2) is 42.0 Å². The molecule has 0 bridgehead atoms. The monoisotopic (exact) mass is 405 g/mol. The van der Waals surface area contributed by atoms with Gasteiger partial charge in [0, 0.05) is 26.1 Å². The van der Waals surface area contributed by atoms with Crippen LogP contribution in [0.5, 0.6) is 5.75 Å². The fraction of sp³-hybridized carbons (Fsp3) is 0.300. The second kappa shape index (κ2) is 7.65. The van der Waals surface area contributed by atoms with Crippen molar-refractivity contribution in [3.8, 4) is 16.9 Å². The lowest BCUT2D eigenvalue weighted by molar-refractivity contribution is -0.274. The minimum absolute atomic E-state index is 0.152. The highest BCUT2D eigenvalue weighted by atomic mass is 19.4. The third kappa shape index (κ3) is 4.28. The highest BCUT2D eigenvalue weighted by Gasteiger charge is 2.31. The summed E-state index contributed by atoms with van der Waals surface area (Å²) in [5, 5.41) is 7.99. The van der Waals surface area contributed by atoms with Crippen LogP contribution in [0.2, 0.25) is 0 Å². The SMILES string of the molecule is O=C1CCCN1CCNc1noc2cccc(-c3ccc(OC(F)(F)F)cc3)c12. The number of carbonyl (C=O) groups is 1. The summed E-state index contributed by atoms with van der Waals surface area (Å²) in [4.78, 5) is 13.5. The summed E-state index contributed by atoms with van der Waals surface area (Å²) in [6.45, 7) is 1.84. The number of anilines is 1. The second-order valence-electron chi connectivity index (χ2n) is 6.69. The van der Waals surface area contributed by atoms with Crippen molar-refractivity contribution >= 4 is 22.7 Å². The molecular weight excluding hydrogens is 387 g/mol. The molecule has 29 heavy (non-hydrogen) atoms. The Morgan fingerprint density at radius 2 is 1.97 bits per heavy atom. The molecule has 0 radical (unpaired) electrons. The molecule has 2 aromatic carbocycles. The number of benzene rings is 2. The van der Waals surface area contributed by atoms with E-state index >= 15 is 0 Å². The summed E-state index contributed by atoms with van der Waals surface area (Å²) in [6.07, 6.45) is -3.27. The summed E-state index contributed by atoms with van der Waals surface area (Å²) in [5.41, 5.74) is 2.02. The highest BCUT2D eigenvalue weighted by molar-refractivity contribution is 6.01. The molecule has 1 aliphatic heterocycles. The van der Waals surface area contributed by atoms with E-state index in [1.54, 1.807) is 29.2 Å². The number of likely N-dealkylation sites (tertiary alicyclic amines) is 1. The molecule has 3 aromatic rings. The minimum atomic E-state index is -4.73. The van der Waals surface area contributed by atoms with E-state index in [4.69, 9.17) is 4.52 Å². The van der Waals surface area contributed by atoms with Crippen LogP contribution in [0.25, 0.3) is 22.1 Å². The quantitative estimate of drug-likeness (QED) is 0.657. The Morgan fingerprint density at radius 3 is 2.66 bits per heavy atom. The standard InChI is InChI=1S/C20H18F3N3O3/c21-20(22,23)28-14-8-6-13(7-9-14)15-3-1-4-16-18(15)19(25-29-16)24-10-12-26-11-2-5-17(26)27/h1,3-4,6-9H,2,5,10-12H2,(H,24,25). The number of hydrogen-bond acceptors (Lipinski definition) is 5. The molecule has 0 unspecified atom stereocenters. The maximum absolute atomic E-state index is 12.4. The Hall–Kier alpha value is -3.23. The van der Waals surface area contributed by atoms with E-state index in [1.807, 2.05) is 6.07 Å². The zero-order valence-electron chi connectivity index (χ0n) is 15.3. The van der Waals surface area contributed by atoms with Crippen LogP contribution in [0.4, 0.5) is 19.0 Å². The van der Waals surface area contributed by atoms with E-state index in [1.165, 1.54) is 12.1 Å². The zero-order valence-corrected chi connectivity index (χ0v) is 15.3. The molecule has 9 heteroatoms. The predicted octanol–water partition coefficient (Wildman–Crippen LogP) is 4.43. The van der Waals surface area contributed by atoms with E-state index in [9.17, 15) is 18.0 Å². The molecule has 0 saturated carbocycles. The lowest BCUT2D eigenvalue weighted by atomic mass is 10.0. The number of rotatable bonds is 6. The van der Waals surface area contributed by atoms with E-state index in [-0.39, 0.29) is 11.7 Å². The van der Waals surface area contributed by atoms with Crippen molar-refractivity contribution in [2.45, 2.75) is 19.2 Å². The first kappa shape index (κ1) is 19.1. The van der Waals surface area contributed by atoms with Crippen LogP contribution in [0, 0.1) is 0 Å². The molecule has 0 atom stereocenters. The van der Waals surface area contributed by atoms with E-state index in [0.717, 1.165) is 23.9 Å². The third-order valence-corrected chi connectivity index (χ3v) is 4.74. The molecular formula is C20H18F3N3O3. The van der Waals surface area contributed by atoms with Crippen molar-refractivity contribution in [1.29, 1.82) is 0 Å². The zero-order chi connectivity index (χ0) is 20.4. The lowest BCUT2D eigenvalue weighted by Crippen LogP contribution is -2.30. The molecule has 1 fully saturated rings. The number of nitrogens with one attached hydrogen (secondary N) is 1. The number of alkyl halides is 3.